The predicted octanol–water partition coefficient (Wildman–Crippen LogP) is -0.00680. The Bertz CT molecular complexity index is 856. The van der Waals surface area contributed by atoms with Gasteiger partial charge in [-0.1, -0.05) is 5.92 Å². The van der Waals surface area contributed by atoms with Gasteiger partial charge in [-0.25, -0.2) is 4.98 Å². The standard InChI is InChI=1S/C18H22N6O/c1-2-3-7-20-17(25)13-11-23(12-13)18-14-4-8-19-9-5-15(14)22-16-6-10-21-24(16)18/h6,10,13,19H,4-5,7-9,11-12H2,1H3,(H,20,25). The van der Waals surface area contributed by atoms with Crippen molar-refractivity contribution in [2.45, 2.75) is 19.8 Å². The zero-order chi connectivity index (χ0) is 17.2. The first kappa shape index (κ1) is 15.9. The number of rotatable bonds is 3. The second-order valence-electron chi connectivity index (χ2n) is 6.46. The van der Waals surface area contributed by atoms with Gasteiger partial charge in [0.2, 0.25) is 5.91 Å². The van der Waals surface area contributed by atoms with Gasteiger partial charge in [0.05, 0.1) is 24.4 Å². The molecule has 2 aromatic heterocycles. The minimum Gasteiger partial charge on any atom is -0.354 e. The molecule has 0 atom stereocenters. The molecule has 4 rings (SSSR count). The number of carbonyl (C=O) groups excluding carboxylic acids is 1. The molecule has 1 amide bonds. The van der Waals surface area contributed by atoms with Gasteiger partial charge < -0.3 is 15.5 Å². The van der Waals surface area contributed by atoms with Gasteiger partial charge in [0.25, 0.3) is 0 Å². The summed E-state index contributed by atoms with van der Waals surface area (Å²) >= 11 is 0. The molecule has 2 aromatic rings. The fourth-order valence-electron chi connectivity index (χ4n) is 3.52. The summed E-state index contributed by atoms with van der Waals surface area (Å²) < 4.78 is 1.92. The summed E-state index contributed by atoms with van der Waals surface area (Å²) in [5.74, 6) is 6.85. The van der Waals surface area contributed by atoms with Crippen LogP contribution in [0.3, 0.4) is 0 Å². The van der Waals surface area contributed by atoms with Crippen molar-refractivity contribution >= 4 is 17.4 Å². The minimum absolute atomic E-state index is 0.0111. The summed E-state index contributed by atoms with van der Waals surface area (Å²) in [5, 5.41) is 10.8. The number of hydrogen-bond acceptors (Lipinski definition) is 5. The second-order valence-corrected chi connectivity index (χ2v) is 6.46. The predicted molar refractivity (Wildman–Crippen MR) is 95.4 cm³/mol. The fourth-order valence-corrected chi connectivity index (χ4v) is 3.52. The molecule has 2 aliphatic rings. The summed E-state index contributed by atoms with van der Waals surface area (Å²) in [6.45, 7) is 5.52. The first-order valence-corrected chi connectivity index (χ1v) is 8.76. The maximum atomic E-state index is 12.2. The van der Waals surface area contributed by atoms with Gasteiger partial charge in [0.1, 0.15) is 5.82 Å². The van der Waals surface area contributed by atoms with E-state index < -0.39 is 0 Å². The van der Waals surface area contributed by atoms with Gasteiger partial charge in [-0.2, -0.15) is 9.61 Å². The highest BCUT2D eigenvalue weighted by Gasteiger charge is 2.36. The van der Waals surface area contributed by atoms with Crippen LogP contribution in [0.15, 0.2) is 12.3 Å². The van der Waals surface area contributed by atoms with E-state index in [2.05, 4.69) is 32.5 Å². The fraction of sp³-hybridized carbons (Fsp3) is 0.500. The van der Waals surface area contributed by atoms with Crippen molar-refractivity contribution in [2.24, 2.45) is 5.92 Å². The molecule has 0 aromatic carbocycles. The Balaban J connectivity index is 1.57. The first-order chi connectivity index (χ1) is 12.3. The van der Waals surface area contributed by atoms with E-state index in [1.165, 1.54) is 5.56 Å². The SMILES string of the molecule is CC#CCNC(=O)C1CN(c2c3c(nc4ccnn24)CCNCC3)C1. The molecule has 0 radical (unpaired) electrons. The van der Waals surface area contributed by atoms with Crippen molar-refractivity contribution in [3.63, 3.8) is 0 Å². The molecule has 7 heteroatoms. The maximum Gasteiger partial charge on any atom is 0.227 e. The molecule has 0 aliphatic carbocycles. The molecule has 1 saturated heterocycles. The molecule has 25 heavy (non-hydrogen) atoms. The normalized spacial score (nSPS) is 17.2. The number of fused-ring (bicyclic) bond motifs is 2. The van der Waals surface area contributed by atoms with Crippen molar-refractivity contribution in [1.29, 1.82) is 0 Å². The topological polar surface area (TPSA) is 74.6 Å². The minimum atomic E-state index is 0.0111. The number of anilines is 1. The summed E-state index contributed by atoms with van der Waals surface area (Å²) in [4.78, 5) is 19.2. The smallest absolute Gasteiger partial charge is 0.227 e. The average molecular weight is 338 g/mol. The van der Waals surface area contributed by atoms with Crippen molar-refractivity contribution < 1.29 is 4.79 Å². The molecule has 1 fully saturated rings. The molecule has 0 unspecified atom stereocenters. The Morgan fingerprint density at radius 3 is 3.08 bits per heavy atom. The number of nitrogens with zero attached hydrogens (tertiary/aromatic N) is 4. The first-order valence-electron chi connectivity index (χ1n) is 8.76. The third-order valence-corrected chi connectivity index (χ3v) is 4.86. The molecule has 0 bridgehead atoms. The number of amides is 1. The Kier molecular flexibility index (Phi) is 4.28. The Labute approximate surface area is 146 Å². The number of carbonyl (C=O) groups is 1. The summed E-state index contributed by atoms with van der Waals surface area (Å²) in [6.07, 6.45) is 3.65. The van der Waals surface area contributed by atoms with Crippen LogP contribution in [0.25, 0.3) is 5.65 Å². The number of aromatic nitrogens is 3. The number of hydrogen-bond donors (Lipinski definition) is 2. The van der Waals surface area contributed by atoms with E-state index in [0.29, 0.717) is 19.6 Å². The summed E-state index contributed by atoms with van der Waals surface area (Å²) in [7, 11) is 0. The largest absolute Gasteiger partial charge is 0.354 e. The molecule has 2 aliphatic heterocycles. The van der Waals surface area contributed by atoms with E-state index in [-0.39, 0.29) is 11.8 Å². The number of nitrogens with one attached hydrogen (secondary N) is 2. The van der Waals surface area contributed by atoms with Crippen molar-refractivity contribution in [3.8, 4) is 11.8 Å². The van der Waals surface area contributed by atoms with Crippen LogP contribution >= 0.6 is 0 Å². The van der Waals surface area contributed by atoms with Gasteiger partial charge in [-0.05, 0) is 19.9 Å². The van der Waals surface area contributed by atoms with E-state index >= 15 is 0 Å². The lowest BCUT2D eigenvalue weighted by atomic mass is 9.97. The van der Waals surface area contributed by atoms with Crippen LogP contribution in [0.4, 0.5) is 5.82 Å². The maximum absolute atomic E-state index is 12.2. The average Bonchev–Trinajstić information content (AvgIpc) is 2.90. The molecular formula is C18H22N6O. The summed E-state index contributed by atoms with van der Waals surface area (Å²) in [6, 6.07) is 1.94. The Morgan fingerprint density at radius 1 is 1.40 bits per heavy atom. The molecular weight excluding hydrogens is 316 g/mol. The van der Waals surface area contributed by atoms with Crippen LogP contribution in [0.5, 0.6) is 0 Å². The lowest BCUT2D eigenvalue weighted by Gasteiger charge is -2.40. The van der Waals surface area contributed by atoms with Gasteiger partial charge in [-0.15, -0.1) is 5.92 Å². The van der Waals surface area contributed by atoms with E-state index in [1.807, 2.05) is 10.6 Å². The highest BCUT2D eigenvalue weighted by molar-refractivity contribution is 5.82. The molecule has 4 heterocycles. The van der Waals surface area contributed by atoms with Gasteiger partial charge in [-0.3, -0.25) is 4.79 Å². The Morgan fingerprint density at radius 2 is 2.24 bits per heavy atom. The van der Waals surface area contributed by atoms with Crippen molar-refractivity contribution in [3.05, 3.63) is 23.5 Å². The van der Waals surface area contributed by atoms with Crippen LogP contribution in [-0.4, -0.2) is 53.2 Å². The van der Waals surface area contributed by atoms with E-state index in [1.54, 1.807) is 13.1 Å². The molecule has 0 spiro atoms. The van der Waals surface area contributed by atoms with Crippen LogP contribution in [0.2, 0.25) is 0 Å². The van der Waals surface area contributed by atoms with Crippen LogP contribution in [-0.2, 0) is 17.6 Å². The third kappa shape index (κ3) is 2.94. The monoisotopic (exact) mass is 338 g/mol. The zero-order valence-electron chi connectivity index (χ0n) is 14.4. The van der Waals surface area contributed by atoms with Crippen LogP contribution in [0, 0.1) is 17.8 Å². The van der Waals surface area contributed by atoms with E-state index in [9.17, 15) is 4.79 Å². The van der Waals surface area contributed by atoms with Gasteiger partial charge in [0.15, 0.2) is 5.65 Å². The lowest BCUT2D eigenvalue weighted by molar-refractivity contribution is -0.125. The van der Waals surface area contributed by atoms with Crippen molar-refractivity contribution in [2.75, 3.05) is 37.6 Å². The van der Waals surface area contributed by atoms with E-state index in [0.717, 1.165) is 43.1 Å². The van der Waals surface area contributed by atoms with Crippen molar-refractivity contribution in [1.82, 2.24) is 25.2 Å². The Hall–Kier alpha value is -2.59. The van der Waals surface area contributed by atoms with E-state index in [4.69, 9.17) is 4.98 Å². The van der Waals surface area contributed by atoms with Crippen LogP contribution < -0.4 is 15.5 Å². The second kappa shape index (κ2) is 6.73. The van der Waals surface area contributed by atoms with Gasteiger partial charge in [0, 0.05) is 37.7 Å². The molecule has 130 valence electrons. The molecule has 0 saturated carbocycles. The quantitative estimate of drug-likeness (QED) is 0.770. The molecule has 7 nitrogen and oxygen atoms in total. The highest BCUT2D eigenvalue weighted by Crippen LogP contribution is 2.31. The third-order valence-electron chi connectivity index (χ3n) is 4.86. The van der Waals surface area contributed by atoms with Crippen LogP contribution in [0.1, 0.15) is 18.2 Å². The van der Waals surface area contributed by atoms with Gasteiger partial charge >= 0.3 is 0 Å². The zero-order valence-corrected chi connectivity index (χ0v) is 14.4. The lowest BCUT2D eigenvalue weighted by Crippen LogP contribution is -2.54. The highest BCUT2D eigenvalue weighted by atomic mass is 16.2. The molecule has 2 N–H and O–H groups in total. The summed E-state index contributed by atoms with van der Waals surface area (Å²) in [5.41, 5.74) is 3.29.